The molecule has 94 valence electrons. The maximum atomic E-state index is 10.8. The van der Waals surface area contributed by atoms with Crippen LogP contribution < -0.4 is 4.74 Å². The smallest absolute Gasteiger partial charge is 0.124 e. The summed E-state index contributed by atoms with van der Waals surface area (Å²) in [5.74, 6) is 0.756. The highest BCUT2D eigenvalue weighted by atomic mass is 16.5. The van der Waals surface area contributed by atoms with Gasteiger partial charge in [-0.05, 0) is 25.3 Å². The number of hydrogen-bond acceptors (Lipinski definition) is 3. The summed E-state index contributed by atoms with van der Waals surface area (Å²) in [5.41, 5.74) is 0.0650. The molecule has 1 aliphatic carbocycles. The summed E-state index contributed by atoms with van der Waals surface area (Å²) in [6.45, 7) is 0. The zero-order chi connectivity index (χ0) is 12.3. The van der Waals surface area contributed by atoms with Crippen LogP contribution in [0.2, 0.25) is 0 Å². The van der Waals surface area contributed by atoms with Gasteiger partial charge in [0.15, 0.2) is 0 Å². The maximum Gasteiger partial charge on any atom is 0.124 e. The van der Waals surface area contributed by atoms with Crippen molar-refractivity contribution in [3.63, 3.8) is 0 Å². The molecule has 2 unspecified atom stereocenters. The Labute approximate surface area is 102 Å². The van der Waals surface area contributed by atoms with Gasteiger partial charge in [-0.2, -0.15) is 0 Å². The van der Waals surface area contributed by atoms with Gasteiger partial charge in [-0.3, -0.25) is 0 Å². The highest BCUT2D eigenvalue weighted by Crippen LogP contribution is 2.41. The Morgan fingerprint density at radius 3 is 2.76 bits per heavy atom. The van der Waals surface area contributed by atoms with Crippen LogP contribution in [0.4, 0.5) is 0 Å². The molecule has 1 aromatic rings. The van der Waals surface area contributed by atoms with E-state index in [1.807, 2.05) is 24.3 Å². The molecule has 0 aromatic heterocycles. The van der Waals surface area contributed by atoms with Crippen molar-refractivity contribution < 1.29 is 14.6 Å². The number of aliphatic hydroxyl groups is 1. The number of benzene rings is 1. The SMILES string of the molecule is COc1ccccc1C1(O)CCCC(OC)C1. The van der Waals surface area contributed by atoms with Gasteiger partial charge in [-0.25, -0.2) is 0 Å². The van der Waals surface area contributed by atoms with Gasteiger partial charge in [-0.15, -0.1) is 0 Å². The predicted octanol–water partition coefficient (Wildman–Crippen LogP) is 2.47. The van der Waals surface area contributed by atoms with E-state index in [-0.39, 0.29) is 6.10 Å². The van der Waals surface area contributed by atoms with Gasteiger partial charge in [0.25, 0.3) is 0 Å². The first-order valence-corrected chi connectivity index (χ1v) is 6.08. The van der Waals surface area contributed by atoms with Crippen LogP contribution in [0.3, 0.4) is 0 Å². The zero-order valence-corrected chi connectivity index (χ0v) is 10.5. The second-order valence-corrected chi connectivity index (χ2v) is 4.69. The van der Waals surface area contributed by atoms with Gasteiger partial charge in [0.1, 0.15) is 5.75 Å². The molecule has 0 amide bonds. The lowest BCUT2D eigenvalue weighted by atomic mass is 9.78. The van der Waals surface area contributed by atoms with Gasteiger partial charge in [0.05, 0.1) is 18.8 Å². The third kappa shape index (κ3) is 2.45. The Hall–Kier alpha value is -1.06. The van der Waals surface area contributed by atoms with Crippen LogP contribution in [0.25, 0.3) is 0 Å². The summed E-state index contributed by atoms with van der Waals surface area (Å²) in [6, 6.07) is 7.69. The van der Waals surface area contributed by atoms with E-state index < -0.39 is 5.60 Å². The summed E-state index contributed by atoms with van der Waals surface area (Å²) in [6.07, 6.45) is 3.55. The monoisotopic (exact) mass is 236 g/mol. The van der Waals surface area contributed by atoms with Gasteiger partial charge < -0.3 is 14.6 Å². The highest BCUT2D eigenvalue weighted by molar-refractivity contribution is 5.38. The van der Waals surface area contributed by atoms with Crippen molar-refractivity contribution in [2.45, 2.75) is 37.4 Å². The molecule has 0 bridgehead atoms. The number of para-hydroxylation sites is 1. The minimum Gasteiger partial charge on any atom is -0.496 e. The number of methoxy groups -OCH3 is 2. The van der Waals surface area contributed by atoms with E-state index in [1.165, 1.54) is 0 Å². The molecule has 1 aliphatic rings. The minimum absolute atomic E-state index is 0.138. The largest absolute Gasteiger partial charge is 0.496 e. The zero-order valence-electron chi connectivity index (χ0n) is 10.5. The Kier molecular flexibility index (Phi) is 3.69. The molecule has 0 heterocycles. The number of rotatable bonds is 3. The Bertz CT molecular complexity index is 377. The fraction of sp³-hybridized carbons (Fsp3) is 0.571. The van der Waals surface area contributed by atoms with E-state index in [4.69, 9.17) is 9.47 Å². The summed E-state index contributed by atoms with van der Waals surface area (Å²) in [7, 11) is 3.34. The van der Waals surface area contributed by atoms with Crippen LogP contribution in [0.1, 0.15) is 31.2 Å². The van der Waals surface area contributed by atoms with Gasteiger partial charge in [0.2, 0.25) is 0 Å². The van der Waals surface area contributed by atoms with Crippen LogP contribution in [0.15, 0.2) is 24.3 Å². The molecule has 1 saturated carbocycles. The fourth-order valence-corrected chi connectivity index (χ4v) is 2.68. The average molecular weight is 236 g/mol. The van der Waals surface area contributed by atoms with E-state index in [0.29, 0.717) is 6.42 Å². The fourth-order valence-electron chi connectivity index (χ4n) is 2.68. The number of hydrogen-bond donors (Lipinski definition) is 1. The molecule has 1 aromatic carbocycles. The van der Waals surface area contributed by atoms with Crippen molar-refractivity contribution in [3.05, 3.63) is 29.8 Å². The Morgan fingerprint density at radius 2 is 2.06 bits per heavy atom. The van der Waals surface area contributed by atoms with Crippen LogP contribution in [-0.2, 0) is 10.3 Å². The highest BCUT2D eigenvalue weighted by Gasteiger charge is 2.37. The quantitative estimate of drug-likeness (QED) is 0.876. The summed E-state index contributed by atoms with van der Waals surface area (Å²) < 4.78 is 10.7. The predicted molar refractivity (Wildman–Crippen MR) is 66.2 cm³/mol. The van der Waals surface area contributed by atoms with Gasteiger partial charge in [0, 0.05) is 19.1 Å². The van der Waals surface area contributed by atoms with E-state index in [9.17, 15) is 5.11 Å². The van der Waals surface area contributed by atoms with Crippen molar-refractivity contribution in [3.8, 4) is 5.75 Å². The van der Waals surface area contributed by atoms with Crippen LogP contribution in [0, 0.1) is 0 Å². The Morgan fingerprint density at radius 1 is 1.29 bits per heavy atom. The molecule has 0 saturated heterocycles. The molecule has 2 rings (SSSR count). The van der Waals surface area contributed by atoms with Crippen molar-refractivity contribution in [2.24, 2.45) is 0 Å². The molecule has 1 fully saturated rings. The third-order valence-electron chi connectivity index (χ3n) is 3.62. The molecular weight excluding hydrogens is 216 g/mol. The summed E-state index contributed by atoms with van der Waals surface area (Å²) in [5, 5.41) is 10.8. The first-order valence-electron chi connectivity index (χ1n) is 6.08. The second kappa shape index (κ2) is 5.07. The van der Waals surface area contributed by atoms with E-state index in [1.54, 1.807) is 14.2 Å². The summed E-state index contributed by atoms with van der Waals surface area (Å²) in [4.78, 5) is 0. The third-order valence-corrected chi connectivity index (χ3v) is 3.62. The van der Waals surface area contributed by atoms with E-state index >= 15 is 0 Å². The topological polar surface area (TPSA) is 38.7 Å². The molecule has 0 radical (unpaired) electrons. The molecule has 0 aliphatic heterocycles. The van der Waals surface area contributed by atoms with Crippen LogP contribution in [0.5, 0.6) is 5.75 Å². The van der Waals surface area contributed by atoms with Crippen molar-refractivity contribution in [1.82, 2.24) is 0 Å². The molecular formula is C14H20O3. The molecule has 3 nitrogen and oxygen atoms in total. The van der Waals surface area contributed by atoms with Gasteiger partial charge >= 0.3 is 0 Å². The first kappa shape index (κ1) is 12.4. The lowest BCUT2D eigenvalue weighted by Crippen LogP contribution is -2.36. The molecule has 2 atom stereocenters. The van der Waals surface area contributed by atoms with E-state index in [2.05, 4.69) is 0 Å². The van der Waals surface area contributed by atoms with Crippen LogP contribution in [-0.4, -0.2) is 25.4 Å². The van der Waals surface area contributed by atoms with Crippen molar-refractivity contribution >= 4 is 0 Å². The second-order valence-electron chi connectivity index (χ2n) is 4.69. The average Bonchev–Trinajstić information content (AvgIpc) is 2.38. The molecule has 1 N–H and O–H groups in total. The molecule has 0 spiro atoms. The minimum atomic E-state index is -0.814. The summed E-state index contributed by atoms with van der Waals surface area (Å²) >= 11 is 0. The Balaban J connectivity index is 2.30. The van der Waals surface area contributed by atoms with Crippen LogP contribution >= 0.6 is 0 Å². The van der Waals surface area contributed by atoms with Gasteiger partial charge in [-0.1, -0.05) is 18.2 Å². The van der Waals surface area contributed by atoms with E-state index in [0.717, 1.165) is 30.6 Å². The lowest BCUT2D eigenvalue weighted by molar-refractivity contribution is -0.0641. The molecule has 17 heavy (non-hydrogen) atoms. The standard InChI is InChI=1S/C14H20O3/c1-16-11-6-5-9-14(15,10-11)12-7-3-4-8-13(12)17-2/h3-4,7-8,11,15H,5-6,9-10H2,1-2H3. The van der Waals surface area contributed by atoms with Crippen molar-refractivity contribution in [2.75, 3.05) is 14.2 Å². The first-order chi connectivity index (χ1) is 8.19. The maximum absolute atomic E-state index is 10.8. The number of ether oxygens (including phenoxy) is 2. The molecule has 3 heteroatoms. The van der Waals surface area contributed by atoms with Crippen molar-refractivity contribution in [1.29, 1.82) is 0 Å². The normalized spacial score (nSPS) is 29.0. The lowest BCUT2D eigenvalue weighted by Gasteiger charge is -2.37.